The third-order valence-corrected chi connectivity index (χ3v) is 8.63. The molecule has 1 fully saturated rings. The largest absolute Gasteiger partial charge is 0.478 e. The van der Waals surface area contributed by atoms with Crippen molar-refractivity contribution in [3.63, 3.8) is 0 Å². The Bertz CT molecular complexity index is 917. The Balaban J connectivity index is 1.74. The van der Waals surface area contributed by atoms with E-state index in [1.807, 2.05) is 25.3 Å². The van der Waals surface area contributed by atoms with E-state index in [4.69, 9.17) is 14.1 Å². The van der Waals surface area contributed by atoms with Gasteiger partial charge >= 0.3 is 0 Å². The highest BCUT2D eigenvalue weighted by Crippen LogP contribution is 2.50. The van der Waals surface area contributed by atoms with E-state index in [2.05, 4.69) is 57.8 Å². The molecule has 2 heterocycles. The van der Waals surface area contributed by atoms with E-state index in [1.54, 1.807) is 0 Å². The van der Waals surface area contributed by atoms with Gasteiger partial charge in [0, 0.05) is 17.8 Å². The molecule has 3 rings (SSSR count). The van der Waals surface area contributed by atoms with E-state index in [-0.39, 0.29) is 11.0 Å². The van der Waals surface area contributed by atoms with E-state index >= 15 is 0 Å². The number of allylic oxidation sites excluding steroid dienone is 1. The minimum Gasteiger partial charge on any atom is -0.478 e. The molecule has 0 aliphatic heterocycles. The molecule has 0 bridgehead atoms. The Morgan fingerprint density at radius 1 is 1.06 bits per heavy atom. The van der Waals surface area contributed by atoms with Gasteiger partial charge in [0.15, 0.2) is 0 Å². The number of fused-ring (bicyclic) bond motifs is 1. The molecule has 5 heteroatoms. The summed E-state index contributed by atoms with van der Waals surface area (Å²) in [6, 6.07) is 5.95. The van der Waals surface area contributed by atoms with E-state index in [0.717, 1.165) is 45.8 Å². The summed E-state index contributed by atoms with van der Waals surface area (Å²) < 4.78 is 12.0. The third kappa shape index (κ3) is 5.86. The van der Waals surface area contributed by atoms with E-state index in [9.17, 15) is 0 Å². The maximum Gasteiger partial charge on any atom is 0.213 e. The van der Waals surface area contributed by atoms with Crippen molar-refractivity contribution in [2.45, 2.75) is 85.7 Å². The van der Waals surface area contributed by atoms with Crippen molar-refractivity contribution in [2.75, 3.05) is 6.61 Å². The monoisotopic (exact) mass is 468 g/mol. The van der Waals surface area contributed by atoms with Crippen LogP contribution in [0.4, 0.5) is 0 Å². The summed E-state index contributed by atoms with van der Waals surface area (Å²) in [6.07, 6.45) is 13.8. The molecule has 2 aromatic rings. The Labute approximate surface area is 204 Å². The first-order chi connectivity index (χ1) is 15.8. The van der Waals surface area contributed by atoms with Gasteiger partial charge in [-0.15, -0.1) is 0 Å². The third-order valence-electron chi connectivity index (χ3n) is 7.82. The normalized spacial score (nSPS) is 21.0. The van der Waals surface area contributed by atoms with E-state index < -0.39 is 0 Å². The second-order valence-corrected chi connectivity index (χ2v) is 11.1. The van der Waals surface area contributed by atoms with Crippen LogP contribution in [-0.4, -0.2) is 32.7 Å². The van der Waals surface area contributed by atoms with Crippen molar-refractivity contribution in [1.29, 1.82) is 0 Å². The SMILES string of the molecule is CCOc1ccc2nccc(C=C[C@H]3CC[C@H](C(C(C)(C)C)C(CC)(CC)O[SiH3])CC3)c2n1. The van der Waals surface area contributed by atoms with Gasteiger partial charge in [0.05, 0.1) is 23.2 Å². The number of aromatic nitrogens is 2. The molecule has 1 aliphatic rings. The number of hydrogen-bond acceptors (Lipinski definition) is 4. The Morgan fingerprint density at radius 2 is 1.76 bits per heavy atom. The van der Waals surface area contributed by atoms with Crippen LogP contribution >= 0.6 is 0 Å². The van der Waals surface area contributed by atoms with Crippen molar-refractivity contribution in [3.05, 3.63) is 36.0 Å². The molecule has 4 nitrogen and oxygen atoms in total. The highest BCUT2D eigenvalue weighted by Gasteiger charge is 2.46. The van der Waals surface area contributed by atoms with Gasteiger partial charge in [0.25, 0.3) is 0 Å². The lowest BCUT2D eigenvalue weighted by Gasteiger charge is -2.51. The minimum atomic E-state index is 0.0394. The zero-order chi connectivity index (χ0) is 24.1. The van der Waals surface area contributed by atoms with Gasteiger partial charge < -0.3 is 9.16 Å². The van der Waals surface area contributed by atoms with Crippen LogP contribution in [0.1, 0.15) is 85.6 Å². The molecule has 2 aromatic heterocycles. The first-order valence-corrected chi connectivity index (χ1v) is 13.7. The molecule has 0 aromatic carbocycles. The van der Waals surface area contributed by atoms with Crippen LogP contribution in [0.5, 0.6) is 5.88 Å². The highest BCUT2D eigenvalue weighted by molar-refractivity contribution is 5.98. The smallest absolute Gasteiger partial charge is 0.213 e. The van der Waals surface area contributed by atoms with Gasteiger partial charge in [0.2, 0.25) is 5.88 Å². The van der Waals surface area contributed by atoms with Gasteiger partial charge in [-0.1, -0.05) is 46.8 Å². The summed E-state index contributed by atoms with van der Waals surface area (Å²) >= 11 is 0. The molecule has 0 saturated heterocycles. The zero-order valence-corrected chi connectivity index (χ0v) is 23.9. The minimum absolute atomic E-state index is 0.0394. The number of rotatable bonds is 9. The van der Waals surface area contributed by atoms with Gasteiger partial charge in [0.1, 0.15) is 10.5 Å². The fourth-order valence-electron chi connectivity index (χ4n) is 6.33. The molecule has 182 valence electrons. The predicted molar refractivity (Wildman–Crippen MR) is 142 cm³/mol. The first kappa shape index (κ1) is 25.9. The number of nitrogens with zero attached hydrogens (tertiary/aromatic N) is 2. The molecule has 33 heavy (non-hydrogen) atoms. The molecule has 0 N–H and O–H groups in total. The zero-order valence-electron chi connectivity index (χ0n) is 21.9. The second-order valence-electron chi connectivity index (χ2n) is 10.7. The molecule has 0 spiro atoms. The Hall–Kier alpha value is -1.72. The summed E-state index contributed by atoms with van der Waals surface area (Å²) in [4.78, 5) is 9.18. The number of ether oxygens (including phenoxy) is 1. The average Bonchev–Trinajstić information content (AvgIpc) is 2.81. The summed E-state index contributed by atoms with van der Waals surface area (Å²) in [5.74, 6) is 2.63. The van der Waals surface area contributed by atoms with Crippen molar-refractivity contribution in [3.8, 4) is 5.88 Å². The van der Waals surface area contributed by atoms with Gasteiger partial charge in [-0.25, -0.2) is 4.98 Å². The van der Waals surface area contributed by atoms with E-state index in [1.165, 1.54) is 25.7 Å². The van der Waals surface area contributed by atoms with Crippen molar-refractivity contribution in [2.24, 2.45) is 23.2 Å². The highest BCUT2D eigenvalue weighted by atomic mass is 28.2. The van der Waals surface area contributed by atoms with E-state index in [0.29, 0.717) is 24.3 Å². The number of pyridine rings is 2. The lowest BCUT2D eigenvalue weighted by atomic mass is 9.59. The molecular weight excluding hydrogens is 424 g/mol. The maximum absolute atomic E-state index is 6.38. The molecule has 1 saturated carbocycles. The van der Waals surface area contributed by atoms with Gasteiger partial charge in [-0.2, -0.15) is 0 Å². The molecule has 0 radical (unpaired) electrons. The molecule has 0 amide bonds. The van der Waals surface area contributed by atoms with Crippen molar-refractivity contribution in [1.82, 2.24) is 9.97 Å². The van der Waals surface area contributed by atoms with Crippen LogP contribution in [0.2, 0.25) is 0 Å². The molecular formula is C28H44N2O2Si. The molecule has 1 aliphatic carbocycles. The quantitative estimate of drug-likeness (QED) is 0.401. The lowest BCUT2D eigenvalue weighted by Crippen LogP contribution is -2.50. The van der Waals surface area contributed by atoms with Gasteiger partial charge in [-0.3, -0.25) is 4.98 Å². The van der Waals surface area contributed by atoms with Crippen LogP contribution in [0.3, 0.4) is 0 Å². The average molecular weight is 469 g/mol. The maximum atomic E-state index is 6.38. The van der Waals surface area contributed by atoms with Crippen LogP contribution in [0.25, 0.3) is 17.1 Å². The van der Waals surface area contributed by atoms with Crippen LogP contribution < -0.4 is 4.74 Å². The van der Waals surface area contributed by atoms with Crippen LogP contribution in [0, 0.1) is 23.2 Å². The summed E-state index contributed by atoms with van der Waals surface area (Å²) in [5.41, 5.74) is 3.25. The Kier molecular flexibility index (Phi) is 8.74. The Morgan fingerprint density at radius 3 is 2.33 bits per heavy atom. The second kappa shape index (κ2) is 11.1. The topological polar surface area (TPSA) is 44.2 Å². The molecule has 1 atom stereocenters. The summed E-state index contributed by atoms with van der Waals surface area (Å²) in [6.45, 7) is 14.5. The van der Waals surface area contributed by atoms with Gasteiger partial charge in [-0.05, 0) is 80.8 Å². The lowest BCUT2D eigenvalue weighted by molar-refractivity contribution is -0.0800. The summed E-state index contributed by atoms with van der Waals surface area (Å²) in [5, 5.41) is 0. The predicted octanol–water partition coefficient (Wildman–Crippen LogP) is 6.37. The van der Waals surface area contributed by atoms with Crippen molar-refractivity contribution >= 4 is 27.6 Å². The fourth-order valence-corrected chi connectivity index (χ4v) is 7.16. The van der Waals surface area contributed by atoms with Crippen LogP contribution in [0.15, 0.2) is 30.5 Å². The number of hydrogen-bond donors (Lipinski definition) is 0. The summed E-state index contributed by atoms with van der Waals surface area (Å²) in [7, 11) is 0.811. The molecule has 1 unspecified atom stereocenters. The van der Waals surface area contributed by atoms with Crippen molar-refractivity contribution < 1.29 is 9.16 Å². The first-order valence-electron chi connectivity index (χ1n) is 12.9. The standard InChI is InChI=1S/C28H44N2O2Si/c1-7-28(8-2,32-33)26(27(4,5)6)22-14-11-20(12-15-22)10-13-21-18-19-29-23-16-17-24(31-9-3)30-25(21)23/h10,13,16-20,22,26H,7-9,11-12,14-15H2,1-6,33H3/t20-,22-,26?. The van der Waals surface area contributed by atoms with Crippen LogP contribution in [-0.2, 0) is 4.43 Å². The fraction of sp³-hybridized carbons (Fsp3) is 0.643.